The van der Waals surface area contributed by atoms with E-state index >= 15 is 0 Å². The van der Waals surface area contributed by atoms with Gasteiger partial charge in [-0.05, 0) is 6.92 Å². The normalized spacial score (nSPS) is 18.0. The van der Waals surface area contributed by atoms with E-state index in [0.717, 1.165) is 5.57 Å². The maximum absolute atomic E-state index is 11.0. The van der Waals surface area contributed by atoms with Crippen LogP contribution in [0.5, 0.6) is 0 Å². The minimum atomic E-state index is 0.0485. The number of hydrogen-bond acceptors (Lipinski definition) is 2. The van der Waals surface area contributed by atoms with Gasteiger partial charge >= 0.3 is 0 Å². The Hall–Kier alpha value is -0.830. The van der Waals surface area contributed by atoms with Crippen molar-refractivity contribution in [3.05, 3.63) is 11.6 Å². The summed E-state index contributed by atoms with van der Waals surface area (Å²) in [5, 5.41) is 8.51. The second-order valence-electron chi connectivity index (χ2n) is 2.36. The zero-order valence-electron chi connectivity index (χ0n) is 6.00. The summed E-state index contributed by atoms with van der Waals surface area (Å²) in [5.74, 6) is 0.0500. The third kappa shape index (κ3) is 1.19. The summed E-state index contributed by atoms with van der Waals surface area (Å²) in [5.41, 5.74) is 0.786. The van der Waals surface area contributed by atoms with Crippen molar-refractivity contribution in [2.75, 3.05) is 19.7 Å². The van der Waals surface area contributed by atoms with Crippen LogP contribution in [0.1, 0.15) is 6.92 Å². The largest absolute Gasteiger partial charge is 0.395 e. The van der Waals surface area contributed by atoms with Crippen LogP contribution in [0.25, 0.3) is 0 Å². The van der Waals surface area contributed by atoms with Crippen LogP contribution in [0.2, 0.25) is 0 Å². The van der Waals surface area contributed by atoms with Gasteiger partial charge in [0.2, 0.25) is 5.91 Å². The van der Waals surface area contributed by atoms with Crippen LogP contribution >= 0.6 is 0 Å². The third-order valence-electron chi connectivity index (χ3n) is 1.61. The van der Waals surface area contributed by atoms with E-state index < -0.39 is 0 Å². The Labute approximate surface area is 59.9 Å². The van der Waals surface area contributed by atoms with Crippen molar-refractivity contribution in [1.29, 1.82) is 0 Å². The van der Waals surface area contributed by atoms with Crippen LogP contribution in [-0.4, -0.2) is 35.6 Å². The molecule has 1 N–H and O–H groups in total. The lowest BCUT2D eigenvalue weighted by atomic mass is 10.3. The highest BCUT2D eigenvalue weighted by molar-refractivity contribution is 5.95. The smallest absolute Gasteiger partial charge is 0.249 e. The Morgan fingerprint density at radius 3 is 2.90 bits per heavy atom. The van der Waals surface area contributed by atoms with E-state index in [4.69, 9.17) is 5.11 Å². The quantitative estimate of drug-likeness (QED) is 0.577. The van der Waals surface area contributed by atoms with E-state index in [2.05, 4.69) is 0 Å². The predicted molar refractivity (Wildman–Crippen MR) is 37.4 cm³/mol. The van der Waals surface area contributed by atoms with Crippen molar-refractivity contribution in [1.82, 2.24) is 4.90 Å². The molecule has 0 saturated heterocycles. The van der Waals surface area contributed by atoms with Crippen LogP contribution in [0.15, 0.2) is 11.6 Å². The van der Waals surface area contributed by atoms with Gasteiger partial charge in [0, 0.05) is 18.7 Å². The first-order valence-corrected chi connectivity index (χ1v) is 3.32. The van der Waals surface area contributed by atoms with E-state index in [0.29, 0.717) is 13.1 Å². The lowest BCUT2D eigenvalue weighted by Crippen LogP contribution is -2.29. The highest BCUT2D eigenvalue weighted by Gasteiger charge is 2.18. The maximum Gasteiger partial charge on any atom is 0.249 e. The molecule has 0 spiro atoms. The predicted octanol–water partition coefficient (Wildman–Crippen LogP) is -0.233. The second kappa shape index (κ2) is 2.84. The number of aliphatic hydroxyl groups is 1. The number of amides is 1. The van der Waals surface area contributed by atoms with Gasteiger partial charge in [0.1, 0.15) is 0 Å². The molecule has 56 valence electrons. The third-order valence-corrected chi connectivity index (χ3v) is 1.61. The molecule has 1 aliphatic rings. The van der Waals surface area contributed by atoms with E-state index in [1.165, 1.54) is 0 Å². The number of hydrogen-bond donors (Lipinski definition) is 1. The summed E-state index contributed by atoms with van der Waals surface area (Å²) in [6, 6.07) is 0. The number of carbonyl (C=O) groups is 1. The minimum Gasteiger partial charge on any atom is -0.395 e. The van der Waals surface area contributed by atoms with E-state index in [1.54, 1.807) is 11.8 Å². The molecule has 0 aromatic carbocycles. The monoisotopic (exact) mass is 141 g/mol. The van der Waals surface area contributed by atoms with Crippen molar-refractivity contribution < 1.29 is 9.90 Å². The van der Waals surface area contributed by atoms with Crippen molar-refractivity contribution >= 4 is 5.91 Å². The van der Waals surface area contributed by atoms with Crippen LogP contribution < -0.4 is 0 Å². The van der Waals surface area contributed by atoms with Crippen LogP contribution in [0.3, 0.4) is 0 Å². The maximum atomic E-state index is 11.0. The molecule has 1 aliphatic heterocycles. The topological polar surface area (TPSA) is 40.5 Å². The van der Waals surface area contributed by atoms with E-state index in [1.807, 2.05) is 6.08 Å². The number of rotatable bonds is 2. The molecule has 0 atom stereocenters. The summed E-state index contributed by atoms with van der Waals surface area (Å²) in [7, 11) is 0. The molecule has 1 amide bonds. The fraction of sp³-hybridized carbons (Fsp3) is 0.571. The van der Waals surface area contributed by atoms with Gasteiger partial charge in [0.15, 0.2) is 0 Å². The first-order valence-electron chi connectivity index (χ1n) is 3.32. The molecule has 0 saturated carbocycles. The lowest BCUT2D eigenvalue weighted by Gasteiger charge is -2.13. The molecule has 0 aromatic heterocycles. The minimum absolute atomic E-state index is 0.0485. The summed E-state index contributed by atoms with van der Waals surface area (Å²) in [6.07, 6.45) is 1.87. The van der Waals surface area contributed by atoms with E-state index in [9.17, 15) is 4.79 Å². The van der Waals surface area contributed by atoms with Gasteiger partial charge in [-0.1, -0.05) is 6.08 Å². The van der Waals surface area contributed by atoms with Crippen LogP contribution in [-0.2, 0) is 4.79 Å². The molecule has 1 heterocycles. The standard InChI is InChI=1S/C7H11NO2/c1-6-2-3-8(4-5-9)7(6)10/h2,9H,3-5H2,1H3. The summed E-state index contributed by atoms with van der Waals surface area (Å²) < 4.78 is 0. The Morgan fingerprint density at radius 2 is 2.50 bits per heavy atom. The molecule has 0 aromatic rings. The zero-order chi connectivity index (χ0) is 7.56. The molecule has 1 rings (SSSR count). The SMILES string of the molecule is CC1=CCN(CCO)C1=O. The molecule has 10 heavy (non-hydrogen) atoms. The Bertz CT molecular complexity index is 174. The molecule has 3 nitrogen and oxygen atoms in total. The van der Waals surface area contributed by atoms with Gasteiger partial charge in [-0.3, -0.25) is 4.79 Å². The Kier molecular flexibility index (Phi) is 2.06. The van der Waals surface area contributed by atoms with Gasteiger partial charge in [-0.15, -0.1) is 0 Å². The molecule has 3 heteroatoms. The van der Waals surface area contributed by atoms with Gasteiger partial charge in [-0.25, -0.2) is 0 Å². The highest BCUT2D eigenvalue weighted by atomic mass is 16.3. The van der Waals surface area contributed by atoms with Crippen LogP contribution in [0.4, 0.5) is 0 Å². The fourth-order valence-corrected chi connectivity index (χ4v) is 0.980. The Morgan fingerprint density at radius 1 is 1.80 bits per heavy atom. The number of carbonyl (C=O) groups excluding carboxylic acids is 1. The molecular weight excluding hydrogens is 130 g/mol. The number of β-amino-alcohol motifs (C(OH)–C–C–N with tert-alkyl or cyclic N) is 1. The average Bonchev–Trinajstić information content (AvgIpc) is 2.20. The number of nitrogens with zero attached hydrogens (tertiary/aromatic N) is 1. The first kappa shape index (κ1) is 7.28. The van der Waals surface area contributed by atoms with Gasteiger partial charge in [0.25, 0.3) is 0 Å². The van der Waals surface area contributed by atoms with E-state index in [-0.39, 0.29) is 12.5 Å². The van der Waals surface area contributed by atoms with Crippen molar-refractivity contribution in [3.63, 3.8) is 0 Å². The van der Waals surface area contributed by atoms with Crippen molar-refractivity contribution in [2.45, 2.75) is 6.92 Å². The lowest BCUT2D eigenvalue weighted by molar-refractivity contribution is -0.125. The number of aliphatic hydroxyl groups excluding tert-OH is 1. The highest BCUT2D eigenvalue weighted by Crippen LogP contribution is 2.08. The zero-order valence-corrected chi connectivity index (χ0v) is 6.00. The van der Waals surface area contributed by atoms with Gasteiger partial charge in [-0.2, -0.15) is 0 Å². The van der Waals surface area contributed by atoms with Gasteiger partial charge in [0.05, 0.1) is 6.61 Å². The Balaban J connectivity index is 2.48. The van der Waals surface area contributed by atoms with Gasteiger partial charge < -0.3 is 10.0 Å². The molecular formula is C7H11NO2. The molecule has 0 radical (unpaired) electrons. The first-order chi connectivity index (χ1) is 4.75. The van der Waals surface area contributed by atoms with Crippen molar-refractivity contribution in [3.8, 4) is 0 Å². The summed E-state index contributed by atoms with van der Waals surface area (Å²) >= 11 is 0. The fourth-order valence-electron chi connectivity index (χ4n) is 0.980. The second-order valence-corrected chi connectivity index (χ2v) is 2.36. The molecule has 0 fully saturated rings. The molecule has 0 bridgehead atoms. The van der Waals surface area contributed by atoms with Crippen LogP contribution in [0, 0.1) is 0 Å². The summed E-state index contributed by atoms with van der Waals surface area (Å²) in [6.45, 7) is 2.95. The average molecular weight is 141 g/mol. The molecule has 0 unspecified atom stereocenters. The summed E-state index contributed by atoms with van der Waals surface area (Å²) in [4.78, 5) is 12.7. The molecule has 0 aliphatic carbocycles. The van der Waals surface area contributed by atoms with Crippen molar-refractivity contribution in [2.24, 2.45) is 0 Å².